The summed E-state index contributed by atoms with van der Waals surface area (Å²) in [7, 11) is 1.77. The zero-order valence-corrected chi connectivity index (χ0v) is 14.9. The zero-order chi connectivity index (χ0) is 17.7. The fourth-order valence-electron chi connectivity index (χ4n) is 2.28. The number of carbonyl (C=O) groups is 1. The predicted molar refractivity (Wildman–Crippen MR) is 95.3 cm³/mol. The number of hydrogen-bond acceptors (Lipinski definition) is 5. The Hall–Kier alpha value is -1.96. The van der Waals surface area contributed by atoms with Gasteiger partial charge in [-0.1, -0.05) is 17.7 Å². The monoisotopic (exact) mass is 367 g/mol. The molecule has 1 aromatic heterocycles. The highest BCUT2D eigenvalue weighted by atomic mass is 35.5. The van der Waals surface area contributed by atoms with Crippen LogP contribution in [0.2, 0.25) is 5.02 Å². The van der Waals surface area contributed by atoms with E-state index in [-0.39, 0.29) is 24.2 Å². The normalized spacial score (nSPS) is 12.2. The van der Waals surface area contributed by atoms with Gasteiger partial charge < -0.3 is 5.32 Å². The van der Waals surface area contributed by atoms with E-state index in [1.165, 1.54) is 18.2 Å². The summed E-state index contributed by atoms with van der Waals surface area (Å²) in [5.74, 6) is -0.111. The quantitative estimate of drug-likeness (QED) is 0.599. The number of nitrogens with one attached hydrogen (secondary N) is 1. The Labute approximate surface area is 149 Å². The number of benzene rings is 1. The summed E-state index contributed by atoms with van der Waals surface area (Å²) in [6, 6.07) is 8.17. The molecule has 2 rings (SSSR count). The third-order valence-electron chi connectivity index (χ3n) is 3.44. The lowest BCUT2D eigenvalue weighted by molar-refractivity contribution is -0.384. The summed E-state index contributed by atoms with van der Waals surface area (Å²) < 4.78 is 0. The van der Waals surface area contributed by atoms with Gasteiger partial charge in [-0.25, -0.2) is 0 Å². The van der Waals surface area contributed by atoms with Crippen molar-refractivity contribution in [3.8, 4) is 0 Å². The fraction of sp³-hybridized carbons (Fsp3) is 0.312. The zero-order valence-electron chi connectivity index (χ0n) is 13.4. The van der Waals surface area contributed by atoms with Gasteiger partial charge in [0.05, 0.1) is 17.5 Å². The number of nitro groups is 1. The van der Waals surface area contributed by atoms with Crippen LogP contribution in [0, 0.1) is 10.1 Å². The number of thiophene rings is 1. The molecular weight excluding hydrogens is 350 g/mol. The van der Waals surface area contributed by atoms with Crippen molar-refractivity contribution in [2.45, 2.75) is 19.5 Å². The fourth-order valence-corrected chi connectivity index (χ4v) is 3.20. The highest BCUT2D eigenvalue weighted by Gasteiger charge is 2.15. The van der Waals surface area contributed by atoms with Gasteiger partial charge in [0.1, 0.15) is 0 Å². The Morgan fingerprint density at radius 3 is 2.83 bits per heavy atom. The first-order chi connectivity index (χ1) is 11.4. The Kier molecular flexibility index (Phi) is 6.30. The van der Waals surface area contributed by atoms with Crippen LogP contribution in [-0.2, 0) is 11.3 Å². The van der Waals surface area contributed by atoms with Gasteiger partial charge in [0.2, 0.25) is 5.91 Å². The van der Waals surface area contributed by atoms with Crippen molar-refractivity contribution < 1.29 is 9.72 Å². The highest BCUT2D eigenvalue weighted by Crippen LogP contribution is 2.23. The Bertz CT molecular complexity index is 721. The molecule has 1 unspecified atom stereocenters. The molecule has 0 saturated carbocycles. The number of carbonyl (C=O) groups excluding carboxylic acids is 1. The second kappa shape index (κ2) is 8.23. The molecule has 1 N–H and O–H groups in total. The standard InChI is InChI=1S/C16H18ClN3O3S/c1-11(15-4-3-7-24-15)18-16(21)10-19(2)9-12-8-13(20(22)23)5-6-14(12)17/h3-8,11H,9-10H2,1-2H3,(H,18,21). The van der Waals surface area contributed by atoms with Gasteiger partial charge in [0.25, 0.3) is 5.69 Å². The number of nitro benzene ring substituents is 1. The molecule has 1 atom stereocenters. The Morgan fingerprint density at radius 1 is 1.46 bits per heavy atom. The molecule has 1 heterocycles. The second-order valence-electron chi connectivity index (χ2n) is 5.51. The third kappa shape index (κ3) is 5.02. The first-order valence-corrected chi connectivity index (χ1v) is 8.56. The molecule has 0 aliphatic rings. The number of non-ortho nitro benzene ring substituents is 1. The molecule has 24 heavy (non-hydrogen) atoms. The molecule has 1 amide bonds. The van der Waals surface area contributed by atoms with Crippen molar-refractivity contribution in [1.82, 2.24) is 10.2 Å². The first-order valence-electron chi connectivity index (χ1n) is 7.31. The van der Waals surface area contributed by atoms with Crippen molar-refractivity contribution in [3.63, 3.8) is 0 Å². The summed E-state index contributed by atoms with van der Waals surface area (Å²) >= 11 is 7.68. The Balaban J connectivity index is 1.93. The van der Waals surface area contributed by atoms with Crippen LogP contribution in [-0.4, -0.2) is 29.3 Å². The molecule has 0 bridgehead atoms. The van der Waals surface area contributed by atoms with Gasteiger partial charge in [-0.05, 0) is 37.0 Å². The van der Waals surface area contributed by atoms with Crippen LogP contribution in [0.25, 0.3) is 0 Å². The van der Waals surface area contributed by atoms with Crippen molar-refractivity contribution in [3.05, 3.63) is 61.3 Å². The molecule has 0 spiro atoms. The summed E-state index contributed by atoms with van der Waals surface area (Å²) in [4.78, 5) is 25.4. The molecule has 1 aromatic carbocycles. The van der Waals surface area contributed by atoms with E-state index in [0.717, 1.165) is 4.88 Å². The van der Waals surface area contributed by atoms with Crippen LogP contribution in [0.1, 0.15) is 23.4 Å². The maximum absolute atomic E-state index is 12.1. The summed E-state index contributed by atoms with van der Waals surface area (Å²) in [6.07, 6.45) is 0. The van der Waals surface area contributed by atoms with Crippen LogP contribution in [0.4, 0.5) is 5.69 Å². The minimum absolute atomic E-state index is 0.0152. The molecule has 8 heteroatoms. The lowest BCUT2D eigenvalue weighted by Crippen LogP contribution is -2.36. The smallest absolute Gasteiger partial charge is 0.269 e. The number of nitrogens with zero attached hydrogens (tertiary/aromatic N) is 2. The molecule has 0 aliphatic carbocycles. The minimum atomic E-state index is -0.463. The van der Waals surface area contributed by atoms with Crippen LogP contribution >= 0.6 is 22.9 Å². The maximum Gasteiger partial charge on any atom is 0.269 e. The van der Waals surface area contributed by atoms with Crippen LogP contribution < -0.4 is 5.32 Å². The molecule has 0 radical (unpaired) electrons. The van der Waals surface area contributed by atoms with Gasteiger partial charge >= 0.3 is 0 Å². The molecule has 128 valence electrons. The van der Waals surface area contributed by atoms with Gasteiger partial charge in [-0.3, -0.25) is 19.8 Å². The van der Waals surface area contributed by atoms with Gasteiger partial charge in [-0.15, -0.1) is 11.3 Å². The lowest BCUT2D eigenvalue weighted by Gasteiger charge is -2.19. The Morgan fingerprint density at radius 2 is 2.21 bits per heavy atom. The lowest BCUT2D eigenvalue weighted by atomic mass is 10.2. The molecule has 0 fully saturated rings. The van der Waals surface area contributed by atoms with Crippen LogP contribution in [0.15, 0.2) is 35.7 Å². The van der Waals surface area contributed by atoms with Crippen LogP contribution in [0.5, 0.6) is 0 Å². The minimum Gasteiger partial charge on any atom is -0.348 e. The number of rotatable bonds is 7. The van der Waals surface area contributed by atoms with E-state index < -0.39 is 4.92 Å². The topological polar surface area (TPSA) is 75.5 Å². The average Bonchev–Trinajstić information content (AvgIpc) is 3.03. The van der Waals surface area contributed by atoms with E-state index in [4.69, 9.17) is 11.6 Å². The van der Waals surface area contributed by atoms with Crippen molar-refractivity contribution in [2.75, 3.05) is 13.6 Å². The molecule has 6 nitrogen and oxygen atoms in total. The molecule has 0 saturated heterocycles. The third-order valence-corrected chi connectivity index (χ3v) is 4.87. The molecule has 0 aliphatic heterocycles. The predicted octanol–water partition coefficient (Wildman–Crippen LogP) is 3.62. The van der Waals surface area contributed by atoms with Crippen molar-refractivity contribution >= 4 is 34.5 Å². The largest absolute Gasteiger partial charge is 0.348 e. The SMILES string of the molecule is CC(NC(=O)CN(C)Cc1cc([N+](=O)[O-])ccc1Cl)c1cccs1. The van der Waals surface area contributed by atoms with E-state index in [1.807, 2.05) is 24.4 Å². The van der Waals surface area contributed by atoms with Gasteiger partial charge in [0, 0.05) is 28.6 Å². The van der Waals surface area contributed by atoms with Gasteiger partial charge in [0.15, 0.2) is 0 Å². The number of halogens is 1. The molecular formula is C16H18ClN3O3S. The second-order valence-corrected chi connectivity index (χ2v) is 6.90. The highest BCUT2D eigenvalue weighted by molar-refractivity contribution is 7.10. The van der Waals surface area contributed by atoms with E-state index in [9.17, 15) is 14.9 Å². The average molecular weight is 368 g/mol. The van der Waals surface area contributed by atoms with Crippen molar-refractivity contribution in [1.29, 1.82) is 0 Å². The maximum atomic E-state index is 12.1. The van der Waals surface area contributed by atoms with E-state index in [0.29, 0.717) is 17.1 Å². The van der Waals surface area contributed by atoms with E-state index >= 15 is 0 Å². The number of hydrogen-bond donors (Lipinski definition) is 1. The van der Waals surface area contributed by atoms with E-state index in [1.54, 1.807) is 23.3 Å². The van der Waals surface area contributed by atoms with Gasteiger partial charge in [-0.2, -0.15) is 0 Å². The van der Waals surface area contributed by atoms with Crippen molar-refractivity contribution in [2.24, 2.45) is 0 Å². The summed E-state index contributed by atoms with van der Waals surface area (Å²) in [6.45, 7) is 2.46. The first kappa shape index (κ1) is 18.4. The summed E-state index contributed by atoms with van der Waals surface area (Å²) in [5.41, 5.74) is 0.603. The van der Waals surface area contributed by atoms with Crippen LogP contribution in [0.3, 0.4) is 0 Å². The van der Waals surface area contributed by atoms with E-state index in [2.05, 4.69) is 5.32 Å². The number of amides is 1. The summed E-state index contributed by atoms with van der Waals surface area (Å²) in [5, 5.41) is 16.2. The number of likely N-dealkylation sites (N-methyl/N-ethyl adjacent to an activating group) is 1. The molecule has 2 aromatic rings.